The zero-order valence-electron chi connectivity index (χ0n) is 14.0. The summed E-state index contributed by atoms with van der Waals surface area (Å²) < 4.78 is 7.76. The van der Waals surface area contributed by atoms with E-state index >= 15 is 0 Å². The van der Waals surface area contributed by atoms with Gasteiger partial charge in [0.05, 0.1) is 13.1 Å². The molecule has 0 unspecified atom stereocenters. The molecule has 1 saturated heterocycles. The number of aliphatic hydroxyl groups excluding tert-OH is 1. The molecule has 8 nitrogen and oxygen atoms in total. The second-order valence-electron chi connectivity index (χ2n) is 6.01. The molecule has 0 amide bonds. The van der Waals surface area contributed by atoms with E-state index < -0.39 is 0 Å². The minimum absolute atomic E-state index is 0. The molecular formula is C17H23N5O3. The lowest BCUT2D eigenvalue weighted by molar-refractivity contribution is 0.224. The van der Waals surface area contributed by atoms with Crippen molar-refractivity contribution in [3.05, 3.63) is 47.8 Å². The van der Waals surface area contributed by atoms with Crippen molar-refractivity contribution in [3.8, 4) is 0 Å². The van der Waals surface area contributed by atoms with E-state index in [1.54, 1.807) is 12.3 Å². The molecule has 134 valence electrons. The lowest BCUT2D eigenvalue weighted by atomic mass is 10.3. The number of imidazole rings is 1. The van der Waals surface area contributed by atoms with Gasteiger partial charge in [0.2, 0.25) is 0 Å². The van der Waals surface area contributed by atoms with E-state index in [2.05, 4.69) is 19.8 Å². The molecule has 0 bridgehead atoms. The van der Waals surface area contributed by atoms with E-state index in [1.165, 1.54) is 0 Å². The molecule has 4 heterocycles. The fraction of sp³-hybridized carbons (Fsp3) is 0.412. The first-order valence-electron chi connectivity index (χ1n) is 8.25. The number of piperazine rings is 1. The van der Waals surface area contributed by atoms with Gasteiger partial charge in [-0.25, -0.2) is 9.97 Å². The highest BCUT2D eigenvalue weighted by atomic mass is 16.4. The van der Waals surface area contributed by atoms with Crippen LogP contribution >= 0.6 is 0 Å². The smallest absolute Gasteiger partial charge is 0.160 e. The van der Waals surface area contributed by atoms with Crippen molar-refractivity contribution in [1.82, 2.24) is 24.8 Å². The third-order valence-electron chi connectivity index (χ3n) is 4.34. The number of aliphatic hydroxyl groups is 1. The van der Waals surface area contributed by atoms with Crippen molar-refractivity contribution >= 4 is 11.2 Å². The van der Waals surface area contributed by atoms with Crippen LogP contribution < -0.4 is 5.32 Å². The molecular weight excluding hydrogens is 322 g/mol. The molecule has 4 N–H and O–H groups in total. The molecule has 0 radical (unpaired) electrons. The van der Waals surface area contributed by atoms with Crippen LogP contribution in [0.5, 0.6) is 0 Å². The molecule has 0 aliphatic carbocycles. The summed E-state index contributed by atoms with van der Waals surface area (Å²) >= 11 is 0. The van der Waals surface area contributed by atoms with Crippen molar-refractivity contribution < 1.29 is 15.0 Å². The Hall–Kier alpha value is -2.26. The highest BCUT2D eigenvalue weighted by Gasteiger charge is 2.17. The molecule has 8 heteroatoms. The van der Waals surface area contributed by atoms with Crippen LogP contribution in [0.4, 0.5) is 0 Å². The van der Waals surface area contributed by atoms with Crippen LogP contribution in [0.1, 0.15) is 17.3 Å². The summed E-state index contributed by atoms with van der Waals surface area (Å²) in [6, 6.07) is 7.60. The normalized spacial score (nSPS) is 15.4. The van der Waals surface area contributed by atoms with Crippen molar-refractivity contribution in [2.75, 3.05) is 26.2 Å². The van der Waals surface area contributed by atoms with Gasteiger partial charge in [0, 0.05) is 32.4 Å². The van der Waals surface area contributed by atoms with E-state index in [0.29, 0.717) is 12.3 Å². The maximum Gasteiger partial charge on any atom is 0.160 e. The average molecular weight is 345 g/mol. The van der Waals surface area contributed by atoms with Gasteiger partial charge in [0.1, 0.15) is 29.5 Å². The predicted molar refractivity (Wildman–Crippen MR) is 93.0 cm³/mol. The first kappa shape index (κ1) is 17.6. The molecule has 0 spiro atoms. The SMILES string of the molecule is O.OCc1ccc(Cn2c(CN3CCNCC3)nc3cccnc32)o1. The summed E-state index contributed by atoms with van der Waals surface area (Å²) in [6.07, 6.45) is 1.79. The Bertz CT molecular complexity index is 823. The van der Waals surface area contributed by atoms with Crippen LogP contribution in [0.15, 0.2) is 34.9 Å². The average Bonchev–Trinajstić information content (AvgIpc) is 3.21. The number of nitrogens with zero attached hydrogens (tertiary/aromatic N) is 4. The molecule has 3 aromatic heterocycles. The standard InChI is InChI=1S/C17H21N5O2.H2O/c23-12-14-4-3-13(24-14)10-22-16(11-21-8-6-18-7-9-21)20-15-2-1-5-19-17(15)22;/h1-5,18,23H,6-12H2;1H2. The van der Waals surface area contributed by atoms with Gasteiger partial charge in [-0.3, -0.25) is 4.90 Å². The van der Waals surface area contributed by atoms with Gasteiger partial charge in [-0.05, 0) is 24.3 Å². The van der Waals surface area contributed by atoms with Gasteiger partial charge in [-0.15, -0.1) is 0 Å². The summed E-state index contributed by atoms with van der Waals surface area (Å²) in [7, 11) is 0. The predicted octanol–water partition coefficient (Wildman–Crippen LogP) is 0.145. The molecule has 4 rings (SSSR count). The number of nitrogens with one attached hydrogen (secondary N) is 1. The number of hydrogen-bond donors (Lipinski definition) is 2. The van der Waals surface area contributed by atoms with Crippen LogP contribution in [-0.2, 0) is 19.7 Å². The largest absolute Gasteiger partial charge is 0.462 e. The maximum absolute atomic E-state index is 9.18. The van der Waals surface area contributed by atoms with E-state index in [4.69, 9.17) is 9.40 Å². The fourth-order valence-corrected chi connectivity index (χ4v) is 3.11. The van der Waals surface area contributed by atoms with E-state index in [1.807, 2.05) is 18.2 Å². The van der Waals surface area contributed by atoms with Gasteiger partial charge in [-0.1, -0.05) is 0 Å². The minimum Gasteiger partial charge on any atom is -0.462 e. The number of pyridine rings is 1. The van der Waals surface area contributed by atoms with Crippen LogP contribution in [-0.4, -0.2) is 56.2 Å². The number of furan rings is 1. The summed E-state index contributed by atoms with van der Waals surface area (Å²) in [4.78, 5) is 11.7. The molecule has 0 atom stereocenters. The number of hydrogen-bond acceptors (Lipinski definition) is 6. The Kier molecular flexibility index (Phi) is 5.44. The second kappa shape index (κ2) is 7.75. The zero-order chi connectivity index (χ0) is 16.4. The van der Waals surface area contributed by atoms with Gasteiger partial charge < -0.3 is 24.9 Å². The molecule has 1 fully saturated rings. The van der Waals surface area contributed by atoms with Crippen LogP contribution in [0.2, 0.25) is 0 Å². The maximum atomic E-state index is 9.18. The lowest BCUT2D eigenvalue weighted by Crippen LogP contribution is -2.43. The fourth-order valence-electron chi connectivity index (χ4n) is 3.11. The molecule has 0 saturated carbocycles. The van der Waals surface area contributed by atoms with Crippen LogP contribution in [0.3, 0.4) is 0 Å². The van der Waals surface area contributed by atoms with Crippen molar-refractivity contribution in [3.63, 3.8) is 0 Å². The second-order valence-corrected chi connectivity index (χ2v) is 6.01. The first-order valence-corrected chi connectivity index (χ1v) is 8.25. The Morgan fingerprint density at radius 2 is 1.92 bits per heavy atom. The quantitative estimate of drug-likeness (QED) is 0.681. The zero-order valence-corrected chi connectivity index (χ0v) is 14.0. The molecule has 1 aliphatic rings. The van der Waals surface area contributed by atoms with Crippen molar-refractivity contribution in [2.45, 2.75) is 19.7 Å². The number of rotatable bonds is 5. The molecule has 25 heavy (non-hydrogen) atoms. The molecule has 0 aromatic carbocycles. The molecule has 3 aromatic rings. The number of aromatic nitrogens is 3. The van der Waals surface area contributed by atoms with E-state index in [9.17, 15) is 5.11 Å². The van der Waals surface area contributed by atoms with Crippen LogP contribution in [0, 0.1) is 0 Å². The Morgan fingerprint density at radius 1 is 1.12 bits per heavy atom. The number of fused-ring (bicyclic) bond motifs is 1. The summed E-state index contributed by atoms with van der Waals surface area (Å²) in [6.45, 7) is 5.34. The van der Waals surface area contributed by atoms with Gasteiger partial charge in [-0.2, -0.15) is 0 Å². The minimum atomic E-state index is -0.0867. The van der Waals surface area contributed by atoms with E-state index in [0.717, 1.165) is 55.5 Å². The Labute approximate surface area is 145 Å². The van der Waals surface area contributed by atoms with Crippen molar-refractivity contribution in [1.29, 1.82) is 0 Å². The topological polar surface area (TPSA) is 111 Å². The summed E-state index contributed by atoms with van der Waals surface area (Å²) in [5.41, 5.74) is 1.76. The van der Waals surface area contributed by atoms with Gasteiger partial charge >= 0.3 is 0 Å². The van der Waals surface area contributed by atoms with Gasteiger partial charge in [0.25, 0.3) is 0 Å². The van der Waals surface area contributed by atoms with E-state index in [-0.39, 0.29) is 12.1 Å². The Balaban J connectivity index is 0.00000182. The highest BCUT2D eigenvalue weighted by Crippen LogP contribution is 2.19. The Morgan fingerprint density at radius 3 is 2.68 bits per heavy atom. The third-order valence-corrected chi connectivity index (χ3v) is 4.34. The first-order chi connectivity index (χ1) is 11.8. The highest BCUT2D eigenvalue weighted by molar-refractivity contribution is 5.71. The van der Waals surface area contributed by atoms with Gasteiger partial charge in [0.15, 0.2) is 5.65 Å². The summed E-state index contributed by atoms with van der Waals surface area (Å²) in [5, 5.41) is 12.6. The monoisotopic (exact) mass is 345 g/mol. The molecule has 1 aliphatic heterocycles. The summed E-state index contributed by atoms with van der Waals surface area (Å²) in [5.74, 6) is 2.36. The van der Waals surface area contributed by atoms with Crippen LogP contribution in [0.25, 0.3) is 11.2 Å². The lowest BCUT2D eigenvalue weighted by Gasteiger charge is -2.26. The third kappa shape index (κ3) is 3.72. The van der Waals surface area contributed by atoms with Crippen molar-refractivity contribution in [2.24, 2.45) is 0 Å².